The van der Waals surface area contributed by atoms with E-state index in [2.05, 4.69) is 28.6 Å². The molecule has 31 heavy (non-hydrogen) atoms. The first kappa shape index (κ1) is 29.5. The van der Waals surface area contributed by atoms with Crippen molar-refractivity contribution in [3.05, 3.63) is 0 Å². The third kappa shape index (κ3) is 11.6. The Morgan fingerprint density at radius 3 is 2.06 bits per heavy atom. The maximum Gasteiger partial charge on any atom is 0.326 e. The van der Waals surface area contributed by atoms with E-state index < -0.39 is 47.9 Å². The largest absolute Gasteiger partial charge is 0.480 e. The van der Waals surface area contributed by atoms with Crippen molar-refractivity contribution >= 4 is 48.1 Å². The van der Waals surface area contributed by atoms with Crippen LogP contribution in [0.2, 0.25) is 0 Å². The molecule has 0 spiro atoms. The van der Waals surface area contributed by atoms with Gasteiger partial charge < -0.3 is 32.5 Å². The first-order valence-corrected chi connectivity index (χ1v) is 12.3. The van der Waals surface area contributed by atoms with Gasteiger partial charge in [-0.15, -0.1) is 0 Å². The summed E-state index contributed by atoms with van der Waals surface area (Å²) in [6.45, 7) is 3.94. The topological polar surface area (TPSA) is 177 Å². The number of hydrogen-bond acceptors (Lipinski definition) is 8. The van der Waals surface area contributed by atoms with Gasteiger partial charge >= 0.3 is 5.97 Å². The van der Waals surface area contributed by atoms with Crippen LogP contribution in [0.1, 0.15) is 39.5 Å². The number of rotatable bonds is 16. The van der Waals surface area contributed by atoms with E-state index in [4.69, 9.17) is 11.5 Å². The van der Waals surface area contributed by atoms with Crippen molar-refractivity contribution in [3.63, 3.8) is 0 Å². The maximum atomic E-state index is 12.9. The number of nitrogens with one attached hydrogen (secondary N) is 3. The second kappa shape index (κ2) is 16.2. The molecule has 10 nitrogen and oxygen atoms in total. The van der Waals surface area contributed by atoms with Crippen LogP contribution in [0.15, 0.2) is 0 Å². The molecule has 8 N–H and O–H groups in total. The monoisotopic (exact) mass is 479 g/mol. The Labute approximate surface area is 193 Å². The molecule has 180 valence electrons. The van der Waals surface area contributed by atoms with Crippen molar-refractivity contribution in [1.29, 1.82) is 0 Å². The number of carbonyl (C=O) groups excluding carboxylic acids is 3. The van der Waals surface area contributed by atoms with Crippen LogP contribution in [-0.2, 0) is 19.2 Å². The van der Waals surface area contributed by atoms with E-state index in [-0.39, 0.29) is 18.1 Å². The van der Waals surface area contributed by atoms with Crippen molar-refractivity contribution in [2.75, 3.05) is 24.3 Å². The molecule has 0 aliphatic heterocycles. The average molecular weight is 480 g/mol. The van der Waals surface area contributed by atoms with E-state index in [0.717, 1.165) is 0 Å². The Bertz CT molecular complexity index is 594. The highest BCUT2D eigenvalue weighted by Gasteiger charge is 2.31. The highest BCUT2D eigenvalue weighted by atomic mass is 32.2. The second-order valence-electron chi connectivity index (χ2n) is 7.55. The molecule has 0 heterocycles. The molecule has 0 aliphatic carbocycles. The minimum atomic E-state index is -1.14. The molecule has 0 radical (unpaired) electrons. The zero-order chi connectivity index (χ0) is 24.0. The van der Waals surface area contributed by atoms with E-state index in [1.54, 1.807) is 13.8 Å². The van der Waals surface area contributed by atoms with E-state index in [9.17, 15) is 24.3 Å². The predicted molar refractivity (Wildman–Crippen MR) is 126 cm³/mol. The first-order valence-electron chi connectivity index (χ1n) is 10.3. The van der Waals surface area contributed by atoms with Crippen molar-refractivity contribution in [1.82, 2.24) is 16.0 Å². The van der Waals surface area contributed by atoms with Gasteiger partial charge in [-0.25, -0.2) is 4.79 Å². The Balaban J connectivity index is 5.35. The summed E-state index contributed by atoms with van der Waals surface area (Å²) in [4.78, 5) is 49.2. The molecular weight excluding hydrogens is 442 g/mol. The number of carboxylic acid groups (broad SMARTS) is 1. The van der Waals surface area contributed by atoms with Crippen LogP contribution in [0, 0.1) is 5.92 Å². The molecule has 4 unspecified atom stereocenters. The molecule has 0 aliphatic rings. The van der Waals surface area contributed by atoms with Crippen LogP contribution in [0.3, 0.4) is 0 Å². The molecule has 0 aromatic rings. The Hall–Kier alpha value is -1.50. The minimum Gasteiger partial charge on any atom is -0.480 e. The van der Waals surface area contributed by atoms with E-state index in [0.29, 0.717) is 31.6 Å². The summed E-state index contributed by atoms with van der Waals surface area (Å²) in [6.07, 6.45) is 3.61. The summed E-state index contributed by atoms with van der Waals surface area (Å²) in [5.74, 6) is -2.36. The first-order chi connectivity index (χ1) is 14.6. The summed E-state index contributed by atoms with van der Waals surface area (Å²) in [6, 6.07) is -3.78. The number of amides is 3. The zero-order valence-corrected chi connectivity index (χ0v) is 20.1. The van der Waals surface area contributed by atoms with Gasteiger partial charge in [-0.05, 0) is 50.2 Å². The van der Waals surface area contributed by atoms with Crippen LogP contribution < -0.4 is 27.4 Å². The lowest BCUT2D eigenvalue weighted by Crippen LogP contribution is -2.58. The van der Waals surface area contributed by atoms with Gasteiger partial charge in [-0.2, -0.15) is 24.4 Å². The van der Waals surface area contributed by atoms with Gasteiger partial charge in [-0.3, -0.25) is 14.4 Å². The van der Waals surface area contributed by atoms with Gasteiger partial charge in [0, 0.05) is 5.75 Å². The molecule has 12 heteroatoms. The highest BCUT2D eigenvalue weighted by molar-refractivity contribution is 7.98. The van der Waals surface area contributed by atoms with Gasteiger partial charge in [0.05, 0.1) is 6.04 Å². The van der Waals surface area contributed by atoms with Gasteiger partial charge in [-0.1, -0.05) is 13.8 Å². The normalized spacial score (nSPS) is 14.9. The molecule has 0 aromatic heterocycles. The fourth-order valence-corrected chi connectivity index (χ4v) is 3.30. The Morgan fingerprint density at radius 1 is 0.968 bits per heavy atom. The number of unbranched alkanes of at least 4 members (excludes halogenated alkanes) is 1. The summed E-state index contributed by atoms with van der Waals surface area (Å²) in [5, 5.41) is 17.1. The van der Waals surface area contributed by atoms with Crippen LogP contribution >= 0.6 is 24.4 Å². The van der Waals surface area contributed by atoms with Gasteiger partial charge in [0.15, 0.2) is 0 Å². The smallest absolute Gasteiger partial charge is 0.326 e. The number of hydrogen-bond donors (Lipinski definition) is 7. The summed E-state index contributed by atoms with van der Waals surface area (Å²) in [5.41, 5.74) is 11.2. The Morgan fingerprint density at radius 2 is 1.58 bits per heavy atom. The molecule has 4 atom stereocenters. The minimum absolute atomic E-state index is 0.120. The van der Waals surface area contributed by atoms with Crippen molar-refractivity contribution in [2.45, 2.75) is 63.7 Å². The molecular formula is C19H37N5O5S2. The number of aliphatic carboxylic acids is 1. The molecule has 0 saturated heterocycles. The van der Waals surface area contributed by atoms with Gasteiger partial charge in [0.25, 0.3) is 0 Å². The van der Waals surface area contributed by atoms with E-state index in [1.807, 2.05) is 6.26 Å². The van der Waals surface area contributed by atoms with Crippen LogP contribution in [0.4, 0.5) is 0 Å². The third-order valence-electron chi connectivity index (χ3n) is 4.59. The van der Waals surface area contributed by atoms with Gasteiger partial charge in [0.1, 0.15) is 18.1 Å². The van der Waals surface area contributed by atoms with Crippen molar-refractivity contribution < 1.29 is 24.3 Å². The number of thioether (sulfide) groups is 1. The van der Waals surface area contributed by atoms with Crippen LogP contribution in [-0.4, -0.2) is 77.3 Å². The van der Waals surface area contributed by atoms with Gasteiger partial charge in [0.2, 0.25) is 17.7 Å². The third-order valence-corrected chi connectivity index (χ3v) is 5.62. The molecule has 0 fully saturated rings. The van der Waals surface area contributed by atoms with Crippen LogP contribution in [0.5, 0.6) is 0 Å². The van der Waals surface area contributed by atoms with Crippen molar-refractivity contribution in [3.8, 4) is 0 Å². The SMILES string of the molecule is CSCCC(NC(=O)C(CCCCN)NC(=O)C(NC(=O)C(N)CS)C(C)C)C(=O)O. The second-order valence-corrected chi connectivity index (χ2v) is 8.90. The quantitative estimate of drug-likeness (QED) is 0.112. The van der Waals surface area contributed by atoms with Crippen LogP contribution in [0.25, 0.3) is 0 Å². The number of thiol groups is 1. The molecule has 0 rings (SSSR count). The average Bonchev–Trinajstić information content (AvgIpc) is 2.72. The zero-order valence-electron chi connectivity index (χ0n) is 18.4. The molecule has 3 amide bonds. The Kier molecular flexibility index (Phi) is 15.4. The molecule has 0 saturated carbocycles. The molecule has 0 aromatic carbocycles. The van der Waals surface area contributed by atoms with E-state index in [1.165, 1.54) is 11.8 Å². The standard InChI is InChI=1S/C19H37N5O5S2/c1-11(2)15(24-16(25)12(21)10-30)18(27)22-13(6-4-5-8-20)17(26)23-14(19(28)29)7-9-31-3/h11-15,30H,4-10,20-21H2,1-3H3,(H,22,27)(H,23,26)(H,24,25)(H,28,29). The fourth-order valence-electron chi connectivity index (χ4n) is 2.67. The summed E-state index contributed by atoms with van der Waals surface area (Å²) >= 11 is 5.46. The molecule has 0 bridgehead atoms. The predicted octanol–water partition coefficient (Wildman–Crippen LogP) is -0.679. The maximum absolute atomic E-state index is 12.9. The highest BCUT2D eigenvalue weighted by Crippen LogP contribution is 2.08. The lowest BCUT2D eigenvalue weighted by atomic mass is 10.0. The number of carbonyl (C=O) groups is 4. The number of nitrogens with two attached hydrogens (primary N) is 2. The van der Waals surface area contributed by atoms with E-state index >= 15 is 0 Å². The lowest BCUT2D eigenvalue weighted by Gasteiger charge is -2.27. The fraction of sp³-hybridized carbons (Fsp3) is 0.789. The summed E-state index contributed by atoms with van der Waals surface area (Å²) in [7, 11) is 0. The lowest BCUT2D eigenvalue weighted by molar-refractivity contribution is -0.142. The summed E-state index contributed by atoms with van der Waals surface area (Å²) < 4.78 is 0. The van der Waals surface area contributed by atoms with Crippen molar-refractivity contribution in [2.24, 2.45) is 17.4 Å². The number of carboxylic acids is 1.